The Balaban J connectivity index is 1.42. The predicted octanol–water partition coefficient (Wildman–Crippen LogP) is 3.53. The zero-order valence-corrected chi connectivity index (χ0v) is 15.3. The SMILES string of the molecule is Cc1cc(C(=O)Nc2nc3c(s2)CN(Cc2ccc(F)c(F)c2)CC3)no1. The highest BCUT2D eigenvalue weighted by Gasteiger charge is 2.22. The van der Waals surface area contributed by atoms with Crippen LogP contribution in [0.5, 0.6) is 0 Å². The second-order valence-corrected chi connectivity index (χ2v) is 7.46. The highest BCUT2D eigenvalue weighted by Crippen LogP contribution is 2.29. The normalized spacial score (nSPS) is 14.2. The minimum absolute atomic E-state index is 0.209. The minimum atomic E-state index is -0.843. The van der Waals surface area contributed by atoms with E-state index in [0.29, 0.717) is 24.0 Å². The van der Waals surface area contributed by atoms with Gasteiger partial charge in [0.2, 0.25) is 0 Å². The van der Waals surface area contributed by atoms with Gasteiger partial charge in [-0.2, -0.15) is 0 Å². The lowest BCUT2D eigenvalue weighted by Gasteiger charge is -2.25. The van der Waals surface area contributed by atoms with Crippen molar-refractivity contribution in [3.8, 4) is 0 Å². The fourth-order valence-corrected chi connectivity index (χ4v) is 4.01. The Morgan fingerprint density at radius 2 is 2.19 bits per heavy atom. The van der Waals surface area contributed by atoms with Crippen molar-refractivity contribution in [2.24, 2.45) is 0 Å². The first-order valence-corrected chi connectivity index (χ1v) is 9.19. The number of anilines is 1. The molecule has 0 spiro atoms. The van der Waals surface area contributed by atoms with Crippen molar-refractivity contribution in [1.82, 2.24) is 15.0 Å². The fourth-order valence-electron chi connectivity index (χ4n) is 2.97. The lowest BCUT2D eigenvalue weighted by molar-refractivity contribution is 0.101. The maximum Gasteiger partial charge on any atom is 0.279 e. The van der Waals surface area contributed by atoms with Crippen molar-refractivity contribution < 1.29 is 18.1 Å². The quantitative estimate of drug-likeness (QED) is 0.738. The molecule has 0 saturated carbocycles. The third-order valence-corrected chi connectivity index (χ3v) is 5.28. The molecule has 140 valence electrons. The van der Waals surface area contributed by atoms with Gasteiger partial charge in [0.1, 0.15) is 5.76 Å². The number of nitrogens with one attached hydrogen (secondary N) is 1. The molecule has 0 unspecified atom stereocenters. The van der Waals surface area contributed by atoms with Gasteiger partial charge in [0.05, 0.1) is 5.69 Å². The van der Waals surface area contributed by atoms with E-state index in [1.54, 1.807) is 19.1 Å². The smallest absolute Gasteiger partial charge is 0.279 e. The Morgan fingerprint density at radius 1 is 1.33 bits per heavy atom. The van der Waals surface area contributed by atoms with Crippen LogP contribution in [0.2, 0.25) is 0 Å². The number of carbonyl (C=O) groups excluding carboxylic acids is 1. The van der Waals surface area contributed by atoms with Crippen LogP contribution in [0.25, 0.3) is 0 Å². The van der Waals surface area contributed by atoms with E-state index in [0.717, 1.165) is 35.2 Å². The summed E-state index contributed by atoms with van der Waals surface area (Å²) in [7, 11) is 0. The third-order valence-electron chi connectivity index (χ3n) is 4.28. The molecule has 0 radical (unpaired) electrons. The number of hydrogen-bond donors (Lipinski definition) is 1. The molecular formula is C18H16F2N4O2S. The minimum Gasteiger partial charge on any atom is -0.361 e. The molecule has 4 rings (SSSR count). The molecule has 3 aromatic rings. The van der Waals surface area contributed by atoms with Crippen molar-refractivity contribution in [2.45, 2.75) is 26.4 Å². The molecule has 1 aromatic carbocycles. The number of nitrogens with zero attached hydrogens (tertiary/aromatic N) is 3. The van der Waals surface area contributed by atoms with Gasteiger partial charge >= 0.3 is 0 Å². The van der Waals surface area contributed by atoms with Crippen LogP contribution in [0.1, 0.15) is 32.4 Å². The monoisotopic (exact) mass is 390 g/mol. The first-order chi connectivity index (χ1) is 13.0. The Morgan fingerprint density at radius 3 is 2.93 bits per heavy atom. The van der Waals surface area contributed by atoms with E-state index >= 15 is 0 Å². The van der Waals surface area contributed by atoms with E-state index in [9.17, 15) is 13.6 Å². The van der Waals surface area contributed by atoms with Gasteiger partial charge < -0.3 is 4.52 Å². The summed E-state index contributed by atoms with van der Waals surface area (Å²) in [6.45, 7) is 3.64. The highest BCUT2D eigenvalue weighted by molar-refractivity contribution is 7.15. The summed E-state index contributed by atoms with van der Waals surface area (Å²) in [5.41, 5.74) is 1.88. The number of halogens is 2. The number of aryl methyl sites for hydroxylation is 1. The lowest BCUT2D eigenvalue weighted by atomic mass is 10.1. The molecule has 0 saturated heterocycles. The molecule has 0 aliphatic carbocycles. The largest absolute Gasteiger partial charge is 0.361 e. The molecular weight excluding hydrogens is 374 g/mol. The molecule has 1 aliphatic rings. The van der Waals surface area contributed by atoms with Crippen molar-refractivity contribution >= 4 is 22.4 Å². The number of rotatable bonds is 4. The van der Waals surface area contributed by atoms with Gasteiger partial charge in [-0.3, -0.25) is 15.0 Å². The van der Waals surface area contributed by atoms with Crippen molar-refractivity contribution in [3.05, 3.63) is 63.5 Å². The molecule has 9 heteroatoms. The van der Waals surface area contributed by atoms with Crippen LogP contribution in [0.15, 0.2) is 28.8 Å². The summed E-state index contributed by atoms with van der Waals surface area (Å²) in [6.07, 6.45) is 0.731. The number of fused-ring (bicyclic) bond motifs is 1. The van der Waals surface area contributed by atoms with Crippen LogP contribution < -0.4 is 5.32 Å². The Bertz CT molecular complexity index is 1000. The number of hydrogen-bond acceptors (Lipinski definition) is 6. The average molecular weight is 390 g/mol. The van der Waals surface area contributed by atoms with Crippen LogP contribution in [0.3, 0.4) is 0 Å². The number of amides is 1. The molecule has 0 bridgehead atoms. The van der Waals surface area contributed by atoms with E-state index in [4.69, 9.17) is 4.52 Å². The van der Waals surface area contributed by atoms with E-state index in [1.807, 2.05) is 0 Å². The van der Waals surface area contributed by atoms with Crippen LogP contribution in [-0.4, -0.2) is 27.5 Å². The van der Waals surface area contributed by atoms with Gasteiger partial charge in [0, 0.05) is 37.0 Å². The molecule has 1 amide bonds. The average Bonchev–Trinajstić information content (AvgIpc) is 3.23. The molecule has 3 heterocycles. The van der Waals surface area contributed by atoms with Gasteiger partial charge in [0.25, 0.3) is 5.91 Å². The third kappa shape index (κ3) is 3.88. The molecule has 1 aliphatic heterocycles. The van der Waals surface area contributed by atoms with Crippen molar-refractivity contribution in [1.29, 1.82) is 0 Å². The van der Waals surface area contributed by atoms with E-state index in [2.05, 4.69) is 20.4 Å². The lowest BCUT2D eigenvalue weighted by Crippen LogP contribution is -2.29. The second kappa shape index (κ2) is 7.16. The predicted molar refractivity (Wildman–Crippen MR) is 95.5 cm³/mol. The van der Waals surface area contributed by atoms with Gasteiger partial charge in [-0.1, -0.05) is 11.2 Å². The summed E-state index contributed by atoms with van der Waals surface area (Å²) in [4.78, 5) is 19.8. The first-order valence-electron chi connectivity index (χ1n) is 8.37. The highest BCUT2D eigenvalue weighted by atomic mass is 32.1. The van der Waals surface area contributed by atoms with Crippen molar-refractivity contribution in [3.63, 3.8) is 0 Å². The first kappa shape index (κ1) is 17.7. The van der Waals surface area contributed by atoms with Crippen LogP contribution in [0, 0.1) is 18.6 Å². The molecule has 27 heavy (non-hydrogen) atoms. The zero-order valence-electron chi connectivity index (χ0n) is 14.5. The molecule has 1 N–H and O–H groups in total. The molecule has 0 fully saturated rings. The van der Waals surface area contributed by atoms with E-state index in [-0.39, 0.29) is 11.6 Å². The van der Waals surface area contributed by atoms with E-state index < -0.39 is 11.6 Å². The van der Waals surface area contributed by atoms with Crippen molar-refractivity contribution in [2.75, 3.05) is 11.9 Å². The maximum atomic E-state index is 13.4. The number of carbonyl (C=O) groups is 1. The number of thiazole rings is 1. The second-order valence-electron chi connectivity index (χ2n) is 6.37. The summed E-state index contributed by atoms with van der Waals surface area (Å²) in [6, 6.07) is 5.52. The van der Waals surface area contributed by atoms with Gasteiger partial charge in [-0.05, 0) is 24.6 Å². The Labute approximate surface area is 157 Å². The van der Waals surface area contributed by atoms with Gasteiger partial charge in [0.15, 0.2) is 22.5 Å². The summed E-state index contributed by atoms with van der Waals surface area (Å²) in [5, 5.41) is 6.95. The van der Waals surface area contributed by atoms with Crippen LogP contribution in [0.4, 0.5) is 13.9 Å². The Hall–Kier alpha value is -2.65. The Kier molecular flexibility index (Phi) is 4.71. The van der Waals surface area contributed by atoms with Gasteiger partial charge in [-0.15, -0.1) is 11.3 Å². The maximum absolute atomic E-state index is 13.4. The molecule has 6 nitrogen and oxygen atoms in total. The van der Waals surface area contributed by atoms with E-state index in [1.165, 1.54) is 17.4 Å². The zero-order chi connectivity index (χ0) is 19.0. The van der Waals surface area contributed by atoms with Crippen LogP contribution in [-0.2, 0) is 19.5 Å². The topological polar surface area (TPSA) is 71.3 Å². The molecule has 0 atom stereocenters. The standard InChI is InChI=1S/C18H16F2N4O2S/c1-10-6-15(23-26-10)17(25)22-18-21-14-4-5-24(9-16(14)27-18)8-11-2-3-12(19)13(20)7-11/h2-3,6-7H,4-5,8-9H2,1H3,(H,21,22,25). The summed E-state index contributed by atoms with van der Waals surface area (Å²) in [5.74, 6) is -1.48. The fraction of sp³-hybridized carbons (Fsp3) is 0.278. The van der Waals surface area contributed by atoms with Gasteiger partial charge in [-0.25, -0.2) is 13.8 Å². The number of benzene rings is 1. The summed E-state index contributed by atoms with van der Waals surface area (Å²) >= 11 is 1.41. The van der Waals surface area contributed by atoms with Crippen LogP contribution >= 0.6 is 11.3 Å². The number of aromatic nitrogens is 2. The summed E-state index contributed by atoms with van der Waals surface area (Å²) < 4.78 is 31.4. The molecule has 2 aromatic heterocycles.